The van der Waals surface area contributed by atoms with Crippen LogP contribution >= 0.6 is 0 Å². The van der Waals surface area contributed by atoms with Gasteiger partial charge in [0.1, 0.15) is 6.61 Å². The molecule has 7 heteroatoms. The average molecular weight is 368 g/mol. The summed E-state index contributed by atoms with van der Waals surface area (Å²) in [5, 5.41) is 11.7. The van der Waals surface area contributed by atoms with Crippen molar-refractivity contribution in [3.8, 4) is 0 Å². The van der Waals surface area contributed by atoms with Gasteiger partial charge in [-0.15, -0.1) is 0 Å². The molecule has 1 saturated heterocycles. The highest BCUT2D eigenvalue weighted by atomic mass is 16.7. The van der Waals surface area contributed by atoms with Gasteiger partial charge in [-0.05, 0) is 24.0 Å². The topological polar surface area (TPSA) is 89.8 Å². The maximum atomic E-state index is 13.2. The van der Waals surface area contributed by atoms with Crippen molar-refractivity contribution in [3.63, 3.8) is 0 Å². The molecule has 0 unspecified atom stereocenters. The van der Waals surface area contributed by atoms with Crippen molar-refractivity contribution in [3.05, 3.63) is 75.8 Å². The number of nitro groups is 1. The zero-order valence-corrected chi connectivity index (χ0v) is 15.0. The molecule has 0 saturated carbocycles. The summed E-state index contributed by atoms with van der Waals surface area (Å²) in [6.45, 7) is 1.98. The minimum Gasteiger partial charge on any atom is -0.272 e. The van der Waals surface area contributed by atoms with E-state index in [0.717, 1.165) is 10.6 Å². The Morgan fingerprint density at radius 1 is 1.11 bits per heavy atom. The minimum atomic E-state index is -0.931. The summed E-state index contributed by atoms with van der Waals surface area (Å²) in [6.07, 6.45) is 0.984. The molecule has 0 spiro atoms. The third-order valence-corrected chi connectivity index (χ3v) is 5.02. The molecule has 27 heavy (non-hydrogen) atoms. The van der Waals surface area contributed by atoms with Crippen LogP contribution in [0.1, 0.15) is 37.3 Å². The van der Waals surface area contributed by atoms with Gasteiger partial charge >= 0.3 is 0 Å². The predicted molar refractivity (Wildman–Crippen MR) is 97.4 cm³/mol. The number of hydroxylamine groups is 2. The zero-order valence-electron chi connectivity index (χ0n) is 15.0. The van der Waals surface area contributed by atoms with Gasteiger partial charge in [0.2, 0.25) is 0 Å². The van der Waals surface area contributed by atoms with E-state index < -0.39 is 16.2 Å². The van der Waals surface area contributed by atoms with Gasteiger partial charge in [-0.1, -0.05) is 49.4 Å². The van der Waals surface area contributed by atoms with Gasteiger partial charge in [-0.3, -0.25) is 24.5 Å². The molecule has 1 aliphatic rings. The van der Waals surface area contributed by atoms with Gasteiger partial charge in [-0.2, -0.15) is 5.06 Å². The number of non-ortho nitro benzene ring substituents is 1. The van der Waals surface area contributed by atoms with Crippen molar-refractivity contribution >= 4 is 17.5 Å². The van der Waals surface area contributed by atoms with Crippen LogP contribution in [-0.4, -0.2) is 21.8 Å². The summed E-state index contributed by atoms with van der Waals surface area (Å²) >= 11 is 0. The van der Waals surface area contributed by atoms with Crippen LogP contribution in [-0.2, 0) is 26.4 Å². The summed E-state index contributed by atoms with van der Waals surface area (Å²) in [5.74, 6) is -0.798. The van der Waals surface area contributed by atoms with Crippen LogP contribution in [0.5, 0.6) is 0 Å². The predicted octanol–water partition coefficient (Wildman–Crippen LogP) is 3.52. The molecule has 140 valence electrons. The molecule has 1 atom stereocenters. The van der Waals surface area contributed by atoms with Crippen LogP contribution in [0.4, 0.5) is 5.69 Å². The number of carbonyl (C=O) groups excluding carboxylic acids is 2. The Labute approximate surface area is 156 Å². The molecule has 7 nitrogen and oxygen atoms in total. The number of hydrogen-bond donors (Lipinski definition) is 0. The normalized spacial score (nSPS) is 20.0. The first-order valence-electron chi connectivity index (χ1n) is 8.77. The molecule has 3 rings (SSSR count). The van der Waals surface area contributed by atoms with Gasteiger partial charge in [0.25, 0.3) is 17.5 Å². The Morgan fingerprint density at radius 2 is 1.78 bits per heavy atom. The van der Waals surface area contributed by atoms with Gasteiger partial charge in [0.15, 0.2) is 0 Å². The van der Waals surface area contributed by atoms with E-state index in [0.29, 0.717) is 18.4 Å². The maximum Gasteiger partial charge on any atom is 0.269 e. The lowest BCUT2D eigenvalue weighted by molar-refractivity contribution is -0.384. The Hall–Kier alpha value is -3.06. The fourth-order valence-corrected chi connectivity index (χ4v) is 3.38. The second kappa shape index (κ2) is 7.67. The summed E-state index contributed by atoms with van der Waals surface area (Å²) in [4.78, 5) is 41.4. The van der Waals surface area contributed by atoms with E-state index >= 15 is 0 Å². The van der Waals surface area contributed by atoms with Crippen molar-refractivity contribution in [2.24, 2.45) is 0 Å². The molecule has 0 bridgehead atoms. The van der Waals surface area contributed by atoms with Gasteiger partial charge in [0.05, 0.1) is 10.3 Å². The lowest BCUT2D eigenvalue weighted by atomic mass is 9.71. The Kier molecular flexibility index (Phi) is 5.32. The van der Waals surface area contributed by atoms with Crippen LogP contribution < -0.4 is 0 Å². The first kappa shape index (κ1) is 18.7. The second-order valence-electron chi connectivity index (χ2n) is 6.49. The minimum absolute atomic E-state index is 0.0403. The second-order valence-corrected chi connectivity index (χ2v) is 6.49. The lowest BCUT2D eigenvalue weighted by Gasteiger charge is -2.39. The molecule has 0 aliphatic carbocycles. The van der Waals surface area contributed by atoms with E-state index in [2.05, 4.69) is 0 Å². The van der Waals surface area contributed by atoms with Crippen molar-refractivity contribution in [2.75, 3.05) is 0 Å². The van der Waals surface area contributed by atoms with Gasteiger partial charge in [0, 0.05) is 18.6 Å². The quantitative estimate of drug-likeness (QED) is 0.442. The smallest absolute Gasteiger partial charge is 0.269 e. The summed E-state index contributed by atoms with van der Waals surface area (Å²) in [6, 6.07) is 15.2. The SMILES string of the molecule is CC[C@@]1(c2ccc([N+](=O)[O-])cc2)CCC(=O)N(OCc2ccccc2)C1=O. The number of nitrogens with zero attached hydrogens (tertiary/aromatic N) is 2. The number of nitro benzene ring substituents is 1. The zero-order chi connectivity index (χ0) is 19.4. The molecule has 2 aromatic carbocycles. The summed E-state index contributed by atoms with van der Waals surface area (Å²) in [5.41, 5.74) is 0.531. The van der Waals surface area contributed by atoms with E-state index in [1.54, 1.807) is 12.1 Å². The molecule has 0 radical (unpaired) electrons. The Bertz CT molecular complexity index is 850. The number of piperidine rings is 1. The summed E-state index contributed by atoms with van der Waals surface area (Å²) in [7, 11) is 0. The average Bonchev–Trinajstić information content (AvgIpc) is 2.69. The molecule has 2 aromatic rings. The van der Waals surface area contributed by atoms with Crippen LogP contribution in [0.15, 0.2) is 54.6 Å². The number of carbonyl (C=O) groups is 2. The molecule has 0 aromatic heterocycles. The van der Waals surface area contributed by atoms with Crippen molar-refractivity contribution in [1.29, 1.82) is 0 Å². The third-order valence-electron chi connectivity index (χ3n) is 5.02. The van der Waals surface area contributed by atoms with Gasteiger partial charge < -0.3 is 0 Å². The largest absolute Gasteiger partial charge is 0.272 e. The molecule has 1 aliphatic heterocycles. The van der Waals surface area contributed by atoms with Crippen LogP contribution in [0, 0.1) is 10.1 Å². The first-order chi connectivity index (χ1) is 13.0. The van der Waals surface area contributed by atoms with Crippen molar-refractivity contribution in [1.82, 2.24) is 5.06 Å². The molecule has 0 N–H and O–H groups in total. The first-order valence-corrected chi connectivity index (χ1v) is 8.77. The fraction of sp³-hybridized carbons (Fsp3) is 0.300. The number of amides is 2. The number of rotatable bonds is 6. The van der Waals surface area contributed by atoms with Gasteiger partial charge in [-0.25, -0.2) is 0 Å². The van der Waals surface area contributed by atoms with E-state index in [1.165, 1.54) is 12.1 Å². The van der Waals surface area contributed by atoms with Crippen molar-refractivity contribution in [2.45, 2.75) is 38.2 Å². The monoisotopic (exact) mass is 368 g/mol. The van der Waals surface area contributed by atoms with E-state index in [9.17, 15) is 19.7 Å². The molecular formula is C20H20N2O5. The molecular weight excluding hydrogens is 348 g/mol. The summed E-state index contributed by atoms with van der Waals surface area (Å²) < 4.78 is 0. The van der Waals surface area contributed by atoms with Crippen LogP contribution in [0.25, 0.3) is 0 Å². The number of hydrogen-bond acceptors (Lipinski definition) is 5. The third kappa shape index (κ3) is 3.59. The maximum absolute atomic E-state index is 13.2. The van der Waals surface area contributed by atoms with Crippen LogP contribution in [0.2, 0.25) is 0 Å². The Morgan fingerprint density at radius 3 is 2.37 bits per heavy atom. The lowest BCUT2D eigenvalue weighted by Crippen LogP contribution is -2.53. The highest BCUT2D eigenvalue weighted by Gasteiger charge is 2.48. The highest BCUT2D eigenvalue weighted by Crippen LogP contribution is 2.39. The Balaban J connectivity index is 1.86. The molecule has 1 heterocycles. The van der Waals surface area contributed by atoms with Crippen molar-refractivity contribution < 1.29 is 19.3 Å². The molecule has 1 fully saturated rings. The van der Waals surface area contributed by atoms with E-state index in [-0.39, 0.29) is 24.6 Å². The van der Waals surface area contributed by atoms with E-state index in [4.69, 9.17) is 4.84 Å². The number of imide groups is 1. The standard InChI is InChI=1S/C20H20N2O5/c1-2-20(16-8-10-17(11-9-16)22(25)26)13-12-18(23)21(19(20)24)27-14-15-6-4-3-5-7-15/h3-11H,2,12-14H2,1H3/t20-/m0/s1. The molecule has 2 amide bonds. The highest BCUT2D eigenvalue weighted by molar-refractivity contribution is 6.02. The number of benzene rings is 2. The van der Waals surface area contributed by atoms with E-state index in [1.807, 2.05) is 37.3 Å². The van der Waals surface area contributed by atoms with Crippen LogP contribution in [0.3, 0.4) is 0 Å². The fourth-order valence-electron chi connectivity index (χ4n) is 3.38.